The third-order valence-corrected chi connectivity index (χ3v) is 3.20. The molecular weight excluding hydrogens is 271 g/mol. The van der Waals surface area contributed by atoms with E-state index in [1.54, 1.807) is 23.9 Å². The number of nitrogens with one attached hydrogen (secondary N) is 1. The van der Waals surface area contributed by atoms with Crippen molar-refractivity contribution in [2.45, 2.75) is 0 Å². The molecule has 0 radical (unpaired) electrons. The number of nitrogens with zero attached hydrogens (tertiary/aromatic N) is 1. The molecule has 1 heterocycles. The Labute approximate surface area is 120 Å². The molecule has 0 saturated carbocycles. The average Bonchev–Trinajstić information content (AvgIpc) is 2.90. The van der Waals surface area contributed by atoms with Gasteiger partial charge in [-0.05, 0) is 48.5 Å². The third-order valence-electron chi connectivity index (χ3n) is 3.20. The van der Waals surface area contributed by atoms with Gasteiger partial charge >= 0.3 is 0 Å². The molecule has 0 aliphatic rings. The molecule has 4 nitrogen and oxygen atoms in total. The molecule has 0 fully saturated rings. The quantitative estimate of drug-likeness (QED) is 0.803. The van der Waals surface area contributed by atoms with E-state index in [0.29, 0.717) is 11.4 Å². The van der Waals surface area contributed by atoms with Crippen LogP contribution in [0.4, 0.5) is 4.39 Å². The van der Waals surface area contributed by atoms with Crippen LogP contribution in [0.1, 0.15) is 0 Å². The van der Waals surface area contributed by atoms with Gasteiger partial charge in [0.25, 0.3) is 5.56 Å². The first kappa shape index (κ1) is 13.2. The fraction of sp³-hybridized carbons (Fsp3) is 0.0625. The molecule has 1 aromatic heterocycles. The van der Waals surface area contributed by atoms with E-state index in [1.165, 1.54) is 18.2 Å². The number of hydrogen-bond donors (Lipinski definition) is 1. The zero-order valence-corrected chi connectivity index (χ0v) is 11.3. The van der Waals surface area contributed by atoms with Crippen molar-refractivity contribution in [2.24, 2.45) is 0 Å². The normalized spacial score (nSPS) is 10.6. The van der Waals surface area contributed by atoms with Crippen LogP contribution >= 0.6 is 0 Å². The van der Waals surface area contributed by atoms with Crippen molar-refractivity contribution < 1.29 is 9.13 Å². The largest absolute Gasteiger partial charge is 0.497 e. The Bertz CT molecular complexity index is 802. The highest BCUT2D eigenvalue weighted by molar-refractivity contribution is 5.62. The zero-order chi connectivity index (χ0) is 14.8. The van der Waals surface area contributed by atoms with Gasteiger partial charge in [0.2, 0.25) is 0 Å². The van der Waals surface area contributed by atoms with E-state index in [2.05, 4.69) is 5.10 Å². The lowest BCUT2D eigenvalue weighted by atomic mass is 10.1. The van der Waals surface area contributed by atoms with Gasteiger partial charge in [-0.25, -0.2) is 4.39 Å². The fourth-order valence-electron chi connectivity index (χ4n) is 2.16. The minimum absolute atomic E-state index is 0.217. The lowest BCUT2D eigenvalue weighted by Gasteiger charge is -2.09. The van der Waals surface area contributed by atoms with Crippen molar-refractivity contribution in [3.63, 3.8) is 0 Å². The highest BCUT2D eigenvalue weighted by Gasteiger charge is 2.09. The number of methoxy groups -OCH3 is 1. The monoisotopic (exact) mass is 284 g/mol. The number of H-pyrrole nitrogens is 1. The second-order valence-corrected chi connectivity index (χ2v) is 4.55. The van der Waals surface area contributed by atoms with Gasteiger partial charge < -0.3 is 4.74 Å². The molecule has 0 amide bonds. The molecule has 3 rings (SSSR count). The van der Waals surface area contributed by atoms with Gasteiger partial charge in [-0.3, -0.25) is 14.6 Å². The Balaban J connectivity index is 2.10. The van der Waals surface area contributed by atoms with Gasteiger partial charge in [0, 0.05) is 11.6 Å². The van der Waals surface area contributed by atoms with Crippen LogP contribution in [0.2, 0.25) is 0 Å². The van der Waals surface area contributed by atoms with Crippen molar-refractivity contribution in [1.29, 1.82) is 0 Å². The van der Waals surface area contributed by atoms with Gasteiger partial charge in [-0.1, -0.05) is 0 Å². The molecule has 0 unspecified atom stereocenters. The van der Waals surface area contributed by atoms with E-state index in [1.807, 2.05) is 24.3 Å². The van der Waals surface area contributed by atoms with Gasteiger partial charge in [-0.15, -0.1) is 0 Å². The van der Waals surface area contributed by atoms with Gasteiger partial charge in [0.15, 0.2) is 0 Å². The standard InChI is InChI=1S/C16H13FN2O2/c1-21-14-8-2-11(3-9-14)15-10-16(20)18-19(15)13-6-4-12(17)5-7-13/h2-10H,1H3,(H,18,20). The molecule has 0 bridgehead atoms. The lowest BCUT2D eigenvalue weighted by molar-refractivity contribution is 0.415. The first-order valence-corrected chi connectivity index (χ1v) is 6.40. The molecule has 0 atom stereocenters. The van der Waals surface area contributed by atoms with Crippen molar-refractivity contribution in [2.75, 3.05) is 7.11 Å². The second-order valence-electron chi connectivity index (χ2n) is 4.55. The van der Waals surface area contributed by atoms with Crippen LogP contribution in [0.3, 0.4) is 0 Å². The summed E-state index contributed by atoms with van der Waals surface area (Å²) in [5.41, 5.74) is 2.03. The predicted molar refractivity (Wildman–Crippen MR) is 78.3 cm³/mol. The predicted octanol–water partition coefficient (Wildman–Crippen LogP) is 2.98. The minimum Gasteiger partial charge on any atom is -0.497 e. The summed E-state index contributed by atoms with van der Waals surface area (Å²) >= 11 is 0. The van der Waals surface area contributed by atoms with Gasteiger partial charge in [0.1, 0.15) is 11.6 Å². The molecule has 2 aromatic carbocycles. The van der Waals surface area contributed by atoms with Gasteiger partial charge in [0.05, 0.1) is 18.5 Å². The fourth-order valence-corrected chi connectivity index (χ4v) is 2.16. The van der Waals surface area contributed by atoms with E-state index < -0.39 is 0 Å². The number of rotatable bonds is 3. The summed E-state index contributed by atoms with van der Waals surface area (Å²) in [7, 11) is 1.60. The molecule has 21 heavy (non-hydrogen) atoms. The number of aromatic amines is 1. The highest BCUT2D eigenvalue weighted by atomic mass is 19.1. The van der Waals surface area contributed by atoms with Crippen molar-refractivity contribution in [3.05, 3.63) is 70.8 Å². The first-order valence-electron chi connectivity index (χ1n) is 6.40. The SMILES string of the molecule is COc1ccc(-c2cc(=O)[nH]n2-c2ccc(F)cc2)cc1. The maximum Gasteiger partial charge on any atom is 0.265 e. The Hall–Kier alpha value is -2.82. The number of hydrogen-bond acceptors (Lipinski definition) is 2. The number of ether oxygens (including phenoxy) is 1. The summed E-state index contributed by atoms with van der Waals surface area (Å²) in [5, 5.41) is 2.71. The Morgan fingerprint density at radius 3 is 2.33 bits per heavy atom. The van der Waals surface area contributed by atoms with E-state index in [9.17, 15) is 9.18 Å². The van der Waals surface area contributed by atoms with E-state index in [0.717, 1.165) is 11.3 Å². The topological polar surface area (TPSA) is 47.0 Å². The summed E-state index contributed by atoms with van der Waals surface area (Å²) < 4.78 is 19.8. The van der Waals surface area contributed by atoms with Crippen LogP contribution in [0.5, 0.6) is 5.75 Å². The van der Waals surface area contributed by atoms with Crippen LogP contribution in [0, 0.1) is 5.82 Å². The Kier molecular flexibility index (Phi) is 3.31. The van der Waals surface area contributed by atoms with Crippen molar-refractivity contribution >= 4 is 0 Å². The van der Waals surface area contributed by atoms with E-state index >= 15 is 0 Å². The maximum absolute atomic E-state index is 13.0. The van der Waals surface area contributed by atoms with Crippen LogP contribution < -0.4 is 10.3 Å². The summed E-state index contributed by atoms with van der Waals surface area (Å²) in [6.07, 6.45) is 0. The molecule has 3 aromatic rings. The zero-order valence-electron chi connectivity index (χ0n) is 11.3. The van der Waals surface area contributed by atoms with Crippen LogP contribution in [0.25, 0.3) is 16.9 Å². The van der Waals surface area contributed by atoms with Crippen molar-refractivity contribution in [3.8, 4) is 22.7 Å². The van der Waals surface area contributed by atoms with Crippen LogP contribution in [-0.4, -0.2) is 16.9 Å². The summed E-state index contributed by atoms with van der Waals surface area (Å²) in [6, 6.07) is 14.8. The summed E-state index contributed by atoms with van der Waals surface area (Å²) in [4.78, 5) is 11.7. The Morgan fingerprint density at radius 2 is 1.71 bits per heavy atom. The molecule has 106 valence electrons. The summed E-state index contributed by atoms with van der Waals surface area (Å²) in [6.45, 7) is 0. The van der Waals surface area contributed by atoms with E-state index in [-0.39, 0.29) is 11.4 Å². The molecule has 0 aliphatic heterocycles. The highest BCUT2D eigenvalue weighted by Crippen LogP contribution is 2.23. The van der Waals surface area contributed by atoms with E-state index in [4.69, 9.17) is 4.74 Å². The first-order chi connectivity index (χ1) is 10.2. The molecule has 0 saturated heterocycles. The number of benzene rings is 2. The lowest BCUT2D eigenvalue weighted by Crippen LogP contribution is -2.04. The molecule has 1 N–H and O–H groups in total. The second kappa shape index (κ2) is 5.28. The maximum atomic E-state index is 13.0. The smallest absolute Gasteiger partial charge is 0.265 e. The number of halogens is 1. The van der Waals surface area contributed by atoms with Crippen molar-refractivity contribution in [1.82, 2.24) is 9.78 Å². The molecule has 0 spiro atoms. The third kappa shape index (κ3) is 2.58. The van der Waals surface area contributed by atoms with Gasteiger partial charge in [-0.2, -0.15) is 0 Å². The molecule has 5 heteroatoms. The van der Waals surface area contributed by atoms with Crippen LogP contribution in [0.15, 0.2) is 59.4 Å². The number of aromatic nitrogens is 2. The summed E-state index contributed by atoms with van der Waals surface area (Å²) in [5.74, 6) is 0.421. The Morgan fingerprint density at radius 1 is 1.05 bits per heavy atom. The minimum atomic E-state index is -0.320. The van der Waals surface area contributed by atoms with Crippen LogP contribution in [-0.2, 0) is 0 Å². The molecular formula is C16H13FN2O2. The average molecular weight is 284 g/mol. The molecule has 0 aliphatic carbocycles.